The smallest absolute Gasteiger partial charge is 0.338 e. The zero-order chi connectivity index (χ0) is 15.0. The van der Waals surface area contributed by atoms with Gasteiger partial charge in [-0.2, -0.15) is 0 Å². The van der Waals surface area contributed by atoms with Crippen molar-refractivity contribution in [3.8, 4) is 0 Å². The average molecular weight is 278 g/mol. The minimum Gasteiger partial charge on any atom is -0.465 e. The van der Waals surface area contributed by atoms with E-state index in [1.54, 1.807) is 12.1 Å². The lowest BCUT2D eigenvalue weighted by Gasteiger charge is -2.08. The Bertz CT molecular complexity index is 481. The highest BCUT2D eigenvalue weighted by atomic mass is 16.5. The Labute approximate surface area is 117 Å². The summed E-state index contributed by atoms with van der Waals surface area (Å²) in [6.45, 7) is 3.58. The van der Waals surface area contributed by atoms with E-state index >= 15 is 0 Å². The van der Waals surface area contributed by atoms with E-state index in [4.69, 9.17) is 9.47 Å². The molecule has 0 aliphatic heterocycles. The molecule has 108 valence electrons. The first-order chi connectivity index (χ1) is 9.56. The van der Waals surface area contributed by atoms with Crippen LogP contribution in [0.4, 0.5) is 0 Å². The molecule has 0 spiro atoms. The molecule has 5 nitrogen and oxygen atoms in total. The molecule has 0 fully saturated rings. The number of esters is 2. The summed E-state index contributed by atoms with van der Waals surface area (Å²) in [5.74, 6) is -1.72. The number of ether oxygens (including phenoxy) is 2. The van der Waals surface area contributed by atoms with Gasteiger partial charge < -0.3 is 14.3 Å². The van der Waals surface area contributed by atoms with Crippen molar-refractivity contribution in [2.24, 2.45) is 5.92 Å². The average Bonchev–Trinajstić information content (AvgIpc) is 2.46. The van der Waals surface area contributed by atoms with Gasteiger partial charge in [-0.25, -0.2) is 4.79 Å². The van der Waals surface area contributed by atoms with Crippen molar-refractivity contribution in [2.45, 2.75) is 20.3 Å². The van der Waals surface area contributed by atoms with Gasteiger partial charge in [0.05, 0.1) is 18.8 Å². The molecule has 0 aliphatic carbocycles. The number of aldehydes is 1. The molecule has 1 aromatic carbocycles. The Balaban J connectivity index is 2.25. The monoisotopic (exact) mass is 278 g/mol. The van der Waals surface area contributed by atoms with Crippen LogP contribution < -0.4 is 0 Å². The number of hydrogen-bond donors (Lipinski definition) is 0. The summed E-state index contributed by atoms with van der Waals surface area (Å²) in [6, 6.07) is 7.15. The first kappa shape index (κ1) is 15.9. The molecular weight excluding hydrogens is 260 g/mol. The summed E-state index contributed by atoms with van der Waals surface area (Å²) in [4.78, 5) is 33.3. The second-order valence-corrected chi connectivity index (χ2v) is 4.40. The van der Waals surface area contributed by atoms with E-state index < -0.39 is 17.9 Å². The van der Waals surface area contributed by atoms with E-state index in [1.807, 2.05) is 19.1 Å². The highest BCUT2D eigenvalue weighted by Gasteiger charge is 2.13. The normalized spacial score (nSPS) is 11.5. The van der Waals surface area contributed by atoms with E-state index in [2.05, 4.69) is 0 Å². The summed E-state index contributed by atoms with van der Waals surface area (Å²) in [7, 11) is 0. The zero-order valence-corrected chi connectivity index (χ0v) is 11.6. The molecular formula is C15H18O5. The second kappa shape index (κ2) is 8.09. The highest BCUT2D eigenvalue weighted by molar-refractivity contribution is 5.91. The Hall–Kier alpha value is -2.17. The minimum atomic E-state index is -0.760. The zero-order valence-electron chi connectivity index (χ0n) is 11.6. The molecule has 5 heteroatoms. The first-order valence-electron chi connectivity index (χ1n) is 6.41. The highest BCUT2D eigenvalue weighted by Crippen LogP contribution is 2.08. The van der Waals surface area contributed by atoms with Gasteiger partial charge in [0.2, 0.25) is 0 Å². The summed E-state index contributed by atoms with van der Waals surface area (Å²) in [6.07, 6.45) is 0.926. The third-order valence-corrected chi connectivity index (χ3v) is 2.71. The molecule has 0 heterocycles. The van der Waals surface area contributed by atoms with Crippen LogP contribution in [0.1, 0.15) is 29.3 Å². The van der Waals surface area contributed by atoms with Crippen LogP contribution in [0.25, 0.3) is 0 Å². The summed E-state index contributed by atoms with van der Waals surface area (Å²) >= 11 is 0. The van der Waals surface area contributed by atoms with Gasteiger partial charge in [-0.3, -0.25) is 4.79 Å². The predicted octanol–water partition coefficient (Wildman–Crippen LogP) is 1.92. The third kappa shape index (κ3) is 4.84. The first-order valence-corrected chi connectivity index (χ1v) is 6.41. The van der Waals surface area contributed by atoms with Crippen LogP contribution in [-0.2, 0) is 19.1 Å². The Morgan fingerprint density at radius 3 is 2.50 bits per heavy atom. The number of carbonyl (C=O) groups is 3. The lowest BCUT2D eigenvalue weighted by Crippen LogP contribution is -2.17. The molecule has 0 amide bonds. The summed E-state index contributed by atoms with van der Waals surface area (Å²) in [5, 5.41) is 0. The van der Waals surface area contributed by atoms with Crippen molar-refractivity contribution < 1.29 is 23.9 Å². The molecule has 0 aliphatic rings. The molecule has 0 radical (unpaired) electrons. The fourth-order valence-electron chi connectivity index (χ4n) is 1.46. The van der Waals surface area contributed by atoms with Crippen molar-refractivity contribution in [3.63, 3.8) is 0 Å². The van der Waals surface area contributed by atoms with Gasteiger partial charge in [-0.1, -0.05) is 18.2 Å². The minimum absolute atomic E-state index is 0.123. The van der Waals surface area contributed by atoms with Crippen LogP contribution in [0.3, 0.4) is 0 Å². The number of rotatable bonds is 7. The van der Waals surface area contributed by atoms with Gasteiger partial charge >= 0.3 is 11.9 Å². The Kier molecular flexibility index (Phi) is 6.43. The summed E-state index contributed by atoms with van der Waals surface area (Å²) < 4.78 is 9.92. The number of carbonyl (C=O) groups excluding carboxylic acids is 3. The topological polar surface area (TPSA) is 69.7 Å². The predicted molar refractivity (Wildman–Crippen MR) is 72.3 cm³/mol. The van der Waals surface area contributed by atoms with Crippen LogP contribution in [-0.4, -0.2) is 31.4 Å². The van der Waals surface area contributed by atoms with Gasteiger partial charge in [0, 0.05) is 6.42 Å². The molecule has 1 aromatic rings. The standard InChI is InChI=1S/C15H18O5/c1-11-6-3-4-7-13(11)15(18)20-9-5-8-19-14(17)12(2)10-16/h3-4,6-7,10,12H,5,8-9H2,1-2H3. The maximum atomic E-state index is 11.7. The van der Waals surface area contributed by atoms with E-state index in [-0.39, 0.29) is 13.2 Å². The molecule has 0 saturated carbocycles. The van der Waals surface area contributed by atoms with Gasteiger partial charge in [0.15, 0.2) is 0 Å². The second-order valence-electron chi connectivity index (χ2n) is 4.40. The van der Waals surface area contributed by atoms with Gasteiger partial charge in [0.25, 0.3) is 0 Å². The van der Waals surface area contributed by atoms with Crippen molar-refractivity contribution in [1.82, 2.24) is 0 Å². The fourth-order valence-corrected chi connectivity index (χ4v) is 1.46. The fraction of sp³-hybridized carbons (Fsp3) is 0.400. The van der Waals surface area contributed by atoms with Crippen molar-refractivity contribution >= 4 is 18.2 Å². The van der Waals surface area contributed by atoms with E-state index in [1.165, 1.54) is 6.92 Å². The molecule has 0 aromatic heterocycles. The lowest BCUT2D eigenvalue weighted by molar-refractivity contribution is -0.149. The van der Waals surface area contributed by atoms with Crippen LogP contribution in [0, 0.1) is 12.8 Å². The Morgan fingerprint density at radius 2 is 1.85 bits per heavy atom. The third-order valence-electron chi connectivity index (χ3n) is 2.71. The quantitative estimate of drug-likeness (QED) is 0.330. The van der Waals surface area contributed by atoms with Crippen molar-refractivity contribution in [1.29, 1.82) is 0 Å². The van der Waals surface area contributed by atoms with Crippen molar-refractivity contribution in [3.05, 3.63) is 35.4 Å². The van der Waals surface area contributed by atoms with E-state index in [9.17, 15) is 14.4 Å². The number of aryl methyl sites for hydroxylation is 1. The van der Waals surface area contributed by atoms with Gasteiger partial charge in [0.1, 0.15) is 12.2 Å². The van der Waals surface area contributed by atoms with Crippen LogP contribution in [0.15, 0.2) is 24.3 Å². The molecule has 0 N–H and O–H groups in total. The molecule has 1 atom stereocenters. The lowest BCUT2D eigenvalue weighted by atomic mass is 10.1. The molecule has 1 unspecified atom stereocenters. The number of benzene rings is 1. The maximum absolute atomic E-state index is 11.7. The Morgan fingerprint density at radius 1 is 1.20 bits per heavy atom. The van der Waals surface area contributed by atoms with Gasteiger partial charge in [-0.05, 0) is 25.5 Å². The summed E-state index contributed by atoms with van der Waals surface area (Å²) in [5.41, 5.74) is 1.38. The SMILES string of the molecule is Cc1ccccc1C(=O)OCCCOC(=O)C(C)C=O. The molecule has 1 rings (SSSR count). The molecule has 0 saturated heterocycles. The van der Waals surface area contributed by atoms with Crippen molar-refractivity contribution in [2.75, 3.05) is 13.2 Å². The van der Waals surface area contributed by atoms with Crippen LogP contribution >= 0.6 is 0 Å². The maximum Gasteiger partial charge on any atom is 0.338 e. The van der Waals surface area contributed by atoms with E-state index in [0.717, 1.165) is 5.56 Å². The molecule has 20 heavy (non-hydrogen) atoms. The largest absolute Gasteiger partial charge is 0.465 e. The number of hydrogen-bond acceptors (Lipinski definition) is 5. The van der Waals surface area contributed by atoms with Crippen LogP contribution in [0.2, 0.25) is 0 Å². The van der Waals surface area contributed by atoms with Gasteiger partial charge in [-0.15, -0.1) is 0 Å². The van der Waals surface area contributed by atoms with E-state index in [0.29, 0.717) is 18.3 Å². The van der Waals surface area contributed by atoms with Crippen LogP contribution in [0.5, 0.6) is 0 Å². The molecule has 0 bridgehead atoms.